The topological polar surface area (TPSA) is 29.1 Å². The molecule has 1 aliphatic rings. The molecule has 0 saturated carbocycles. The lowest BCUT2D eigenvalue weighted by Crippen LogP contribution is -2.23. The highest BCUT2D eigenvalue weighted by atomic mass is 16.2. The zero-order valence-electron chi connectivity index (χ0n) is 2.49. The van der Waals surface area contributed by atoms with Gasteiger partial charge in [0, 0.05) is 0 Å². The normalized spacial score (nSPS) is 17.2. The fourth-order valence-corrected chi connectivity index (χ4v) is 0.131. The molecule has 26 valence electrons. The Labute approximate surface area is 29.5 Å². The Morgan fingerprint density at radius 3 is 2.40 bits per heavy atom. The van der Waals surface area contributed by atoms with Crippen LogP contribution in [-0.4, -0.2) is 5.91 Å². The van der Waals surface area contributed by atoms with Crippen LogP contribution in [0.4, 0.5) is 0 Å². The van der Waals surface area contributed by atoms with Crippen LogP contribution in [0.1, 0.15) is 0 Å². The van der Waals surface area contributed by atoms with Gasteiger partial charge in [-0.25, -0.2) is 0 Å². The average molecular weight is 68.1 g/mol. The number of hydrogen-bond acceptors (Lipinski definition) is 1. The van der Waals surface area contributed by atoms with Gasteiger partial charge in [0.1, 0.15) is 0 Å². The van der Waals surface area contributed by atoms with Crippen molar-refractivity contribution in [3.8, 4) is 0 Å². The first-order valence-electron chi connectivity index (χ1n) is 1.28. The van der Waals surface area contributed by atoms with Crippen molar-refractivity contribution in [2.45, 2.75) is 0 Å². The molecule has 1 aliphatic heterocycles. The van der Waals surface area contributed by atoms with Gasteiger partial charge < -0.3 is 16.2 Å². The van der Waals surface area contributed by atoms with Crippen molar-refractivity contribution in [1.29, 1.82) is 0 Å². The van der Waals surface area contributed by atoms with Crippen molar-refractivity contribution in [2.75, 3.05) is 0 Å². The van der Waals surface area contributed by atoms with Crippen LogP contribution in [0.25, 0.3) is 0 Å². The van der Waals surface area contributed by atoms with Gasteiger partial charge in [0.2, 0.25) is 0 Å². The van der Waals surface area contributed by atoms with E-state index in [0.29, 0.717) is 0 Å². The molecule has 5 heavy (non-hydrogen) atoms. The summed E-state index contributed by atoms with van der Waals surface area (Å²) in [6.07, 6.45) is 3.81. The maximum Gasteiger partial charge on any atom is 0.0651 e. The Hall–Kier alpha value is -0.790. The number of nitrogens with one attached hydrogen (secondary N) is 1. The summed E-state index contributed by atoms with van der Waals surface area (Å²) in [7, 11) is 0. The predicted octanol–water partition coefficient (Wildman–Crippen LogP) is -0.567. The van der Waals surface area contributed by atoms with E-state index in [1.54, 1.807) is 0 Å². The SMILES string of the molecule is O=C1[C-]=CN1. The quantitative estimate of drug-likeness (QED) is 0.378. The second-order valence-electron chi connectivity index (χ2n) is 0.762. The molecule has 0 fully saturated rings. The van der Waals surface area contributed by atoms with E-state index in [1.165, 1.54) is 6.20 Å². The summed E-state index contributed by atoms with van der Waals surface area (Å²) in [6, 6.07) is 0. The number of hydrogen-bond donors (Lipinski definition) is 1. The van der Waals surface area contributed by atoms with Crippen LogP contribution in [0.15, 0.2) is 6.20 Å². The Kier molecular flexibility index (Phi) is 0.283. The first kappa shape index (κ1) is 2.45. The van der Waals surface area contributed by atoms with Gasteiger partial charge in [-0.2, -0.15) is 6.20 Å². The van der Waals surface area contributed by atoms with Gasteiger partial charge in [-0.1, -0.05) is 0 Å². The highest BCUT2D eigenvalue weighted by molar-refractivity contribution is 5.89. The molecule has 0 radical (unpaired) electrons. The molecule has 0 spiro atoms. The highest BCUT2D eigenvalue weighted by Gasteiger charge is 1.76. The van der Waals surface area contributed by atoms with Crippen molar-refractivity contribution < 1.29 is 4.79 Å². The summed E-state index contributed by atoms with van der Waals surface area (Å²) >= 11 is 0. The molecule has 0 saturated heterocycles. The number of carbonyl (C=O) groups is 1. The van der Waals surface area contributed by atoms with Crippen LogP contribution in [0.5, 0.6) is 0 Å². The fraction of sp³-hybridized carbons (Fsp3) is 0. The van der Waals surface area contributed by atoms with Crippen LogP contribution >= 0.6 is 0 Å². The first-order chi connectivity index (χ1) is 2.39. The van der Waals surface area contributed by atoms with E-state index in [2.05, 4.69) is 11.4 Å². The Morgan fingerprint density at radius 2 is 2.40 bits per heavy atom. The molecule has 1 heterocycles. The zero-order chi connectivity index (χ0) is 3.70. The second kappa shape index (κ2) is 0.578. The van der Waals surface area contributed by atoms with Gasteiger partial charge >= 0.3 is 0 Å². The minimum Gasteiger partial charge on any atom is -0.393 e. The van der Waals surface area contributed by atoms with E-state index in [-0.39, 0.29) is 5.91 Å². The van der Waals surface area contributed by atoms with Gasteiger partial charge in [-0.3, -0.25) is 0 Å². The Morgan fingerprint density at radius 1 is 2.00 bits per heavy atom. The van der Waals surface area contributed by atoms with Crippen LogP contribution in [0, 0.1) is 6.08 Å². The lowest BCUT2D eigenvalue weighted by Gasteiger charge is -2.16. The van der Waals surface area contributed by atoms with E-state index >= 15 is 0 Å². The van der Waals surface area contributed by atoms with Crippen LogP contribution in [-0.2, 0) is 4.79 Å². The summed E-state index contributed by atoms with van der Waals surface area (Å²) in [5.41, 5.74) is 0. The molecule has 1 amide bonds. The van der Waals surface area contributed by atoms with Crippen molar-refractivity contribution in [3.05, 3.63) is 12.3 Å². The molecule has 0 bridgehead atoms. The first-order valence-corrected chi connectivity index (χ1v) is 1.28. The molecule has 0 aromatic carbocycles. The Balaban J connectivity index is 2.71. The molecule has 0 aliphatic carbocycles. The van der Waals surface area contributed by atoms with Crippen LogP contribution < -0.4 is 5.32 Å². The molecule has 0 atom stereocenters. The van der Waals surface area contributed by atoms with E-state index < -0.39 is 0 Å². The van der Waals surface area contributed by atoms with E-state index in [9.17, 15) is 4.79 Å². The molecule has 0 aromatic rings. The Bertz CT molecular complexity index is 84.9. The molecular weight excluding hydrogens is 66.0 g/mol. The van der Waals surface area contributed by atoms with Crippen molar-refractivity contribution >= 4 is 5.91 Å². The highest BCUT2D eigenvalue weighted by Crippen LogP contribution is 1.76. The molecule has 1 rings (SSSR count). The average Bonchev–Trinajstić information content (AvgIpc) is 1.30. The lowest BCUT2D eigenvalue weighted by atomic mass is 10.4. The maximum atomic E-state index is 9.65. The minimum absolute atomic E-state index is 0.120. The van der Waals surface area contributed by atoms with Gasteiger partial charge in [0.25, 0.3) is 0 Å². The van der Waals surface area contributed by atoms with Crippen molar-refractivity contribution in [1.82, 2.24) is 5.32 Å². The molecular formula is C3H2NO-. The summed E-state index contributed by atoms with van der Waals surface area (Å²) < 4.78 is 0. The van der Waals surface area contributed by atoms with Crippen LogP contribution in [0.2, 0.25) is 0 Å². The maximum absolute atomic E-state index is 9.65. The summed E-state index contributed by atoms with van der Waals surface area (Å²) in [6.45, 7) is 0. The fourth-order valence-electron chi connectivity index (χ4n) is 0.131. The number of carbonyl (C=O) groups excluding carboxylic acids is 1. The molecule has 0 aromatic heterocycles. The molecule has 2 heteroatoms. The van der Waals surface area contributed by atoms with E-state index in [1.807, 2.05) is 0 Å². The smallest absolute Gasteiger partial charge is 0.0651 e. The largest absolute Gasteiger partial charge is 0.393 e. The third-order valence-corrected chi connectivity index (χ3v) is 0.407. The predicted molar refractivity (Wildman–Crippen MR) is 16.0 cm³/mol. The van der Waals surface area contributed by atoms with E-state index in [0.717, 1.165) is 0 Å². The monoisotopic (exact) mass is 68.0 g/mol. The second-order valence-corrected chi connectivity index (χ2v) is 0.762. The third kappa shape index (κ3) is 0.173. The van der Waals surface area contributed by atoms with Crippen molar-refractivity contribution in [3.63, 3.8) is 0 Å². The van der Waals surface area contributed by atoms with Crippen molar-refractivity contribution in [2.24, 2.45) is 0 Å². The molecule has 0 unspecified atom stereocenters. The zero-order valence-corrected chi connectivity index (χ0v) is 2.49. The molecule has 2 nitrogen and oxygen atoms in total. The van der Waals surface area contributed by atoms with Gasteiger partial charge in [0.15, 0.2) is 0 Å². The lowest BCUT2D eigenvalue weighted by molar-refractivity contribution is -0.117. The van der Waals surface area contributed by atoms with Crippen LogP contribution in [0.3, 0.4) is 0 Å². The number of amides is 1. The molecule has 1 N–H and O–H groups in total. The summed E-state index contributed by atoms with van der Waals surface area (Å²) in [5.74, 6) is -0.120. The number of rotatable bonds is 0. The summed E-state index contributed by atoms with van der Waals surface area (Å²) in [5, 5.41) is 2.33. The summed E-state index contributed by atoms with van der Waals surface area (Å²) in [4.78, 5) is 9.65. The van der Waals surface area contributed by atoms with Gasteiger partial charge in [0.05, 0.1) is 5.91 Å². The van der Waals surface area contributed by atoms with Gasteiger partial charge in [-0.05, 0) is 0 Å². The minimum atomic E-state index is -0.120. The standard InChI is InChI=1S/C3H2NO/c5-3-1-2-4-3/h2H,(H,4,5)/q-1. The van der Waals surface area contributed by atoms with E-state index in [4.69, 9.17) is 0 Å². The van der Waals surface area contributed by atoms with Gasteiger partial charge in [-0.15, -0.1) is 0 Å². The third-order valence-electron chi connectivity index (χ3n) is 0.407.